The van der Waals surface area contributed by atoms with Crippen LogP contribution in [-0.2, 0) is 21.3 Å². The Hall–Kier alpha value is -2.69. The highest BCUT2D eigenvalue weighted by atomic mass is 32.2. The number of nitrogens with one attached hydrogen (secondary N) is 1. The Bertz CT molecular complexity index is 1020. The second-order valence-electron chi connectivity index (χ2n) is 6.53. The minimum Gasteiger partial charge on any atom is -0.495 e. The number of halogens is 1. The Labute approximate surface area is 174 Å². The van der Waals surface area contributed by atoms with Crippen molar-refractivity contribution in [2.75, 3.05) is 40.5 Å². The molecule has 0 radical (unpaired) electrons. The standard InChI is InChI=1S/C20H23FN2O6S/c1-27-17-5-3-14(11-16(17)21)13-22-20(24)15-4-6-18(28-2)19(12-15)30(25,26)23-7-9-29-10-8-23/h3-6,11-12H,7-10,13H2,1-2H3,(H,22,24). The molecule has 8 nitrogen and oxygen atoms in total. The van der Waals surface area contributed by atoms with Gasteiger partial charge in [-0.3, -0.25) is 4.79 Å². The molecular weight excluding hydrogens is 415 g/mol. The lowest BCUT2D eigenvalue weighted by Gasteiger charge is -2.26. The van der Waals surface area contributed by atoms with E-state index >= 15 is 0 Å². The molecule has 0 bridgehead atoms. The topological polar surface area (TPSA) is 94.2 Å². The number of benzene rings is 2. The molecule has 2 aromatic carbocycles. The number of ether oxygens (including phenoxy) is 3. The highest BCUT2D eigenvalue weighted by Crippen LogP contribution is 2.28. The molecule has 0 spiro atoms. The first-order valence-corrected chi connectivity index (χ1v) is 10.7. The zero-order chi connectivity index (χ0) is 21.7. The number of amides is 1. The largest absolute Gasteiger partial charge is 0.495 e. The monoisotopic (exact) mass is 438 g/mol. The molecule has 1 aliphatic heterocycles. The third-order valence-electron chi connectivity index (χ3n) is 4.68. The number of carbonyl (C=O) groups excluding carboxylic acids is 1. The Morgan fingerprint density at radius 2 is 1.77 bits per heavy atom. The van der Waals surface area contributed by atoms with Crippen molar-refractivity contribution in [3.8, 4) is 11.5 Å². The van der Waals surface area contributed by atoms with Crippen LogP contribution in [0.2, 0.25) is 0 Å². The van der Waals surface area contributed by atoms with Gasteiger partial charge in [0.2, 0.25) is 10.0 Å². The van der Waals surface area contributed by atoms with Crippen LogP contribution in [0.4, 0.5) is 4.39 Å². The Kier molecular flexibility index (Phi) is 6.91. The van der Waals surface area contributed by atoms with Gasteiger partial charge < -0.3 is 19.5 Å². The van der Waals surface area contributed by atoms with Crippen LogP contribution in [0.3, 0.4) is 0 Å². The predicted octanol–water partition coefficient (Wildman–Crippen LogP) is 1.79. The zero-order valence-corrected chi connectivity index (χ0v) is 17.5. The van der Waals surface area contributed by atoms with Crippen LogP contribution in [0.5, 0.6) is 11.5 Å². The van der Waals surface area contributed by atoms with Gasteiger partial charge in [-0.1, -0.05) is 6.07 Å². The van der Waals surface area contributed by atoms with Crippen LogP contribution in [0.15, 0.2) is 41.3 Å². The molecule has 1 N–H and O–H groups in total. The maximum Gasteiger partial charge on any atom is 0.251 e. The Balaban J connectivity index is 1.80. The summed E-state index contributed by atoms with van der Waals surface area (Å²) in [6.45, 7) is 1.13. The number of methoxy groups -OCH3 is 2. The lowest BCUT2D eigenvalue weighted by Crippen LogP contribution is -2.40. The highest BCUT2D eigenvalue weighted by molar-refractivity contribution is 7.89. The van der Waals surface area contributed by atoms with E-state index in [0.717, 1.165) is 0 Å². The molecule has 0 saturated carbocycles. The van der Waals surface area contributed by atoms with Crippen LogP contribution in [0.25, 0.3) is 0 Å². The first-order valence-electron chi connectivity index (χ1n) is 9.23. The van der Waals surface area contributed by atoms with E-state index in [4.69, 9.17) is 14.2 Å². The smallest absolute Gasteiger partial charge is 0.251 e. The number of rotatable bonds is 7. The summed E-state index contributed by atoms with van der Waals surface area (Å²) in [4.78, 5) is 12.5. The summed E-state index contributed by atoms with van der Waals surface area (Å²) < 4.78 is 56.4. The molecule has 3 rings (SSSR count). The van der Waals surface area contributed by atoms with Crippen molar-refractivity contribution in [1.29, 1.82) is 0 Å². The molecule has 1 aliphatic rings. The van der Waals surface area contributed by atoms with Crippen molar-refractivity contribution in [3.05, 3.63) is 53.3 Å². The molecule has 1 heterocycles. The molecule has 1 saturated heterocycles. The average Bonchev–Trinajstić information content (AvgIpc) is 2.77. The Morgan fingerprint density at radius 3 is 2.40 bits per heavy atom. The fourth-order valence-corrected chi connectivity index (χ4v) is 4.64. The second-order valence-corrected chi connectivity index (χ2v) is 8.44. The van der Waals surface area contributed by atoms with Gasteiger partial charge in [-0.2, -0.15) is 4.31 Å². The molecule has 10 heteroatoms. The van der Waals surface area contributed by atoms with Gasteiger partial charge in [0, 0.05) is 25.2 Å². The second kappa shape index (κ2) is 9.41. The van der Waals surface area contributed by atoms with Crippen LogP contribution >= 0.6 is 0 Å². The Morgan fingerprint density at radius 1 is 1.10 bits per heavy atom. The van der Waals surface area contributed by atoms with Gasteiger partial charge in [0.05, 0.1) is 27.4 Å². The SMILES string of the molecule is COc1ccc(CNC(=O)c2ccc(OC)c(S(=O)(=O)N3CCOCC3)c2)cc1F. The number of carbonyl (C=O) groups is 1. The van der Waals surface area contributed by atoms with Crippen molar-refractivity contribution >= 4 is 15.9 Å². The lowest BCUT2D eigenvalue weighted by molar-refractivity contribution is 0.0729. The quantitative estimate of drug-likeness (QED) is 0.709. The first-order chi connectivity index (χ1) is 14.4. The first kappa shape index (κ1) is 22.0. The van der Waals surface area contributed by atoms with E-state index < -0.39 is 21.7 Å². The number of nitrogens with zero attached hydrogens (tertiary/aromatic N) is 1. The number of hydrogen-bond acceptors (Lipinski definition) is 6. The van der Waals surface area contributed by atoms with Crippen LogP contribution in [0.1, 0.15) is 15.9 Å². The van der Waals surface area contributed by atoms with E-state index in [1.807, 2.05) is 0 Å². The van der Waals surface area contributed by atoms with Crippen LogP contribution in [0, 0.1) is 5.82 Å². The minimum atomic E-state index is -3.86. The molecule has 162 valence electrons. The van der Waals surface area contributed by atoms with Crippen molar-refractivity contribution in [2.45, 2.75) is 11.4 Å². The molecule has 0 atom stereocenters. The summed E-state index contributed by atoms with van der Waals surface area (Å²) in [5.41, 5.74) is 0.688. The maximum absolute atomic E-state index is 13.8. The van der Waals surface area contributed by atoms with Crippen LogP contribution in [-0.4, -0.2) is 59.2 Å². The van der Waals surface area contributed by atoms with E-state index in [2.05, 4.69) is 5.32 Å². The average molecular weight is 438 g/mol. The molecule has 1 fully saturated rings. The summed E-state index contributed by atoms with van der Waals surface area (Å²) in [7, 11) is -1.12. The maximum atomic E-state index is 13.8. The molecule has 0 aliphatic carbocycles. The van der Waals surface area contributed by atoms with Gasteiger partial charge >= 0.3 is 0 Å². The van der Waals surface area contributed by atoms with Gasteiger partial charge in [-0.05, 0) is 35.9 Å². The molecule has 1 amide bonds. The molecule has 2 aromatic rings. The van der Waals surface area contributed by atoms with Crippen molar-refractivity contribution in [3.63, 3.8) is 0 Å². The van der Waals surface area contributed by atoms with Gasteiger partial charge in [0.25, 0.3) is 5.91 Å². The third kappa shape index (κ3) is 4.72. The summed E-state index contributed by atoms with van der Waals surface area (Å²) in [6, 6.07) is 8.56. The van der Waals surface area contributed by atoms with Crippen molar-refractivity contribution in [1.82, 2.24) is 9.62 Å². The normalized spacial score (nSPS) is 14.9. The molecule has 30 heavy (non-hydrogen) atoms. The molecule has 0 aromatic heterocycles. The van der Waals surface area contributed by atoms with E-state index in [9.17, 15) is 17.6 Å². The minimum absolute atomic E-state index is 0.0668. The van der Waals surface area contributed by atoms with Crippen molar-refractivity contribution in [2.24, 2.45) is 0 Å². The molecular formula is C20H23FN2O6S. The fraction of sp³-hybridized carbons (Fsp3) is 0.350. The predicted molar refractivity (Wildman–Crippen MR) is 107 cm³/mol. The number of morpholine rings is 1. The number of sulfonamides is 1. The van der Waals surface area contributed by atoms with Gasteiger partial charge in [-0.15, -0.1) is 0 Å². The third-order valence-corrected chi connectivity index (χ3v) is 6.60. The highest BCUT2D eigenvalue weighted by Gasteiger charge is 2.30. The lowest BCUT2D eigenvalue weighted by atomic mass is 10.1. The van der Waals surface area contributed by atoms with Crippen molar-refractivity contribution < 1.29 is 31.8 Å². The summed E-state index contributed by atoms with van der Waals surface area (Å²) in [5.74, 6) is -0.770. The van der Waals surface area contributed by atoms with Gasteiger partial charge in [0.1, 0.15) is 10.6 Å². The summed E-state index contributed by atoms with van der Waals surface area (Å²) in [5, 5.41) is 2.66. The summed E-state index contributed by atoms with van der Waals surface area (Å²) in [6.07, 6.45) is 0. The number of hydrogen-bond donors (Lipinski definition) is 1. The zero-order valence-electron chi connectivity index (χ0n) is 16.7. The molecule has 0 unspecified atom stereocenters. The van der Waals surface area contributed by atoms with E-state index in [-0.39, 0.29) is 41.6 Å². The summed E-state index contributed by atoms with van der Waals surface area (Å²) >= 11 is 0. The van der Waals surface area contributed by atoms with E-state index in [0.29, 0.717) is 18.8 Å². The van der Waals surface area contributed by atoms with Crippen LogP contribution < -0.4 is 14.8 Å². The van der Waals surface area contributed by atoms with E-state index in [1.165, 1.54) is 48.9 Å². The van der Waals surface area contributed by atoms with Gasteiger partial charge in [-0.25, -0.2) is 12.8 Å². The fourth-order valence-electron chi connectivity index (χ4n) is 3.05. The van der Waals surface area contributed by atoms with E-state index in [1.54, 1.807) is 6.07 Å². The van der Waals surface area contributed by atoms with Gasteiger partial charge in [0.15, 0.2) is 11.6 Å².